The van der Waals surface area contributed by atoms with Crippen LogP contribution in [0, 0.1) is 0 Å². The van der Waals surface area contributed by atoms with Crippen LogP contribution in [0.5, 0.6) is 5.75 Å². The van der Waals surface area contributed by atoms with Crippen molar-refractivity contribution in [1.82, 2.24) is 10.2 Å². The van der Waals surface area contributed by atoms with Crippen molar-refractivity contribution in [3.05, 3.63) is 29.8 Å². The van der Waals surface area contributed by atoms with Gasteiger partial charge in [-0.25, -0.2) is 0 Å². The van der Waals surface area contributed by atoms with Gasteiger partial charge in [0, 0.05) is 12.1 Å². The van der Waals surface area contributed by atoms with E-state index in [0.717, 1.165) is 25.4 Å². The number of ether oxygens (including phenoxy) is 1. The lowest BCUT2D eigenvalue weighted by molar-refractivity contribution is 0.245. The fraction of sp³-hybridized carbons (Fsp3) is 0.562. The van der Waals surface area contributed by atoms with E-state index < -0.39 is 0 Å². The van der Waals surface area contributed by atoms with E-state index in [1.165, 1.54) is 18.4 Å². The van der Waals surface area contributed by atoms with E-state index in [0.29, 0.717) is 12.5 Å². The highest BCUT2D eigenvalue weighted by atomic mass is 16.5. The van der Waals surface area contributed by atoms with Gasteiger partial charge in [0.25, 0.3) is 0 Å². The lowest BCUT2D eigenvalue weighted by Gasteiger charge is -2.28. The van der Waals surface area contributed by atoms with Crippen LogP contribution in [-0.2, 0) is 0 Å². The second-order valence-electron chi connectivity index (χ2n) is 5.26. The standard InChI is InChI=1S/C16H26N4O/c1-3-18-16(17)19-12-14(20-10-6-7-11-20)13-8-4-5-9-15(13)21-2/h4-5,8-9,14H,3,6-7,10-12H2,1-2H3,(H3,17,18,19). The molecule has 0 aromatic heterocycles. The van der Waals surface area contributed by atoms with Crippen LogP contribution in [0.25, 0.3) is 0 Å². The largest absolute Gasteiger partial charge is 0.496 e. The van der Waals surface area contributed by atoms with Gasteiger partial charge in [-0.15, -0.1) is 0 Å². The lowest BCUT2D eigenvalue weighted by Crippen LogP contribution is -2.34. The van der Waals surface area contributed by atoms with Crippen molar-refractivity contribution in [3.8, 4) is 5.75 Å². The molecular formula is C16H26N4O. The maximum Gasteiger partial charge on any atom is 0.188 e. The van der Waals surface area contributed by atoms with Crippen molar-refractivity contribution in [1.29, 1.82) is 0 Å². The predicted octanol–water partition coefficient (Wildman–Crippen LogP) is 1.76. The number of rotatable bonds is 6. The van der Waals surface area contributed by atoms with Crippen LogP contribution in [0.15, 0.2) is 29.3 Å². The molecule has 0 amide bonds. The van der Waals surface area contributed by atoms with Crippen molar-refractivity contribution in [2.24, 2.45) is 10.7 Å². The molecule has 5 nitrogen and oxygen atoms in total. The summed E-state index contributed by atoms with van der Waals surface area (Å²) in [6.07, 6.45) is 2.50. The van der Waals surface area contributed by atoms with Crippen molar-refractivity contribution < 1.29 is 4.74 Å². The first-order chi connectivity index (χ1) is 10.3. The Kier molecular flexibility index (Phi) is 5.87. The normalized spacial score (nSPS) is 17.7. The Morgan fingerprint density at radius 3 is 2.76 bits per heavy atom. The van der Waals surface area contributed by atoms with Crippen molar-refractivity contribution >= 4 is 5.96 Å². The van der Waals surface area contributed by atoms with E-state index in [4.69, 9.17) is 10.5 Å². The van der Waals surface area contributed by atoms with Gasteiger partial charge in [0.15, 0.2) is 5.96 Å². The lowest BCUT2D eigenvalue weighted by atomic mass is 10.0. The third-order valence-electron chi connectivity index (χ3n) is 3.87. The Hall–Kier alpha value is -1.75. The summed E-state index contributed by atoms with van der Waals surface area (Å²) in [6.45, 7) is 5.68. The van der Waals surface area contributed by atoms with Gasteiger partial charge in [-0.1, -0.05) is 18.2 Å². The van der Waals surface area contributed by atoms with Gasteiger partial charge in [-0.3, -0.25) is 9.89 Å². The number of methoxy groups -OCH3 is 1. The zero-order chi connectivity index (χ0) is 15.1. The van der Waals surface area contributed by atoms with E-state index in [-0.39, 0.29) is 6.04 Å². The molecule has 1 aliphatic rings. The number of benzene rings is 1. The van der Waals surface area contributed by atoms with Gasteiger partial charge in [0.2, 0.25) is 0 Å². The molecule has 1 saturated heterocycles. The molecular weight excluding hydrogens is 264 g/mol. The average Bonchev–Trinajstić information content (AvgIpc) is 3.02. The SMILES string of the molecule is CCNC(N)=NCC(c1ccccc1OC)N1CCCC1. The Bertz CT molecular complexity index is 469. The summed E-state index contributed by atoms with van der Waals surface area (Å²) in [5.74, 6) is 1.43. The topological polar surface area (TPSA) is 62.9 Å². The third-order valence-corrected chi connectivity index (χ3v) is 3.87. The van der Waals surface area contributed by atoms with Gasteiger partial charge in [0.05, 0.1) is 19.7 Å². The molecule has 5 heteroatoms. The van der Waals surface area contributed by atoms with Gasteiger partial charge in [-0.05, 0) is 38.9 Å². The highest BCUT2D eigenvalue weighted by Crippen LogP contribution is 2.31. The zero-order valence-electron chi connectivity index (χ0n) is 13.0. The minimum Gasteiger partial charge on any atom is -0.496 e. The van der Waals surface area contributed by atoms with E-state index in [1.807, 2.05) is 19.1 Å². The van der Waals surface area contributed by atoms with Gasteiger partial charge < -0.3 is 15.8 Å². The molecule has 21 heavy (non-hydrogen) atoms. The molecule has 1 heterocycles. The molecule has 0 radical (unpaired) electrons. The highest BCUT2D eigenvalue weighted by Gasteiger charge is 2.25. The Balaban J connectivity index is 2.21. The van der Waals surface area contributed by atoms with Crippen molar-refractivity contribution in [2.45, 2.75) is 25.8 Å². The summed E-state index contributed by atoms with van der Waals surface area (Å²) in [4.78, 5) is 6.97. The van der Waals surface area contributed by atoms with Crippen LogP contribution in [0.1, 0.15) is 31.4 Å². The highest BCUT2D eigenvalue weighted by molar-refractivity contribution is 5.77. The molecule has 2 rings (SSSR count). The zero-order valence-corrected chi connectivity index (χ0v) is 13.0. The number of nitrogens with one attached hydrogen (secondary N) is 1. The summed E-state index contributed by atoms with van der Waals surface area (Å²) in [6, 6.07) is 8.41. The van der Waals surface area contributed by atoms with Gasteiger partial charge in [-0.2, -0.15) is 0 Å². The molecule has 1 atom stereocenters. The molecule has 1 fully saturated rings. The van der Waals surface area contributed by atoms with E-state index in [2.05, 4.69) is 27.3 Å². The Morgan fingerprint density at radius 2 is 2.10 bits per heavy atom. The van der Waals surface area contributed by atoms with E-state index in [1.54, 1.807) is 7.11 Å². The molecule has 0 bridgehead atoms. The third kappa shape index (κ3) is 4.11. The first kappa shape index (κ1) is 15.6. The first-order valence-corrected chi connectivity index (χ1v) is 7.67. The smallest absolute Gasteiger partial charge is 0.188 e. The minimum atomic E-state index is 0.223. The number of likely N-dealkylation sites (tertiary alicyclic amines) is 1. The second-order valence-corrected chi connectivity index (χ2v) is 5.26. The van der Waals surface area contributed by atoms with Crippen LogP contribution in [0.3, 0.4) is 0 Å². The molecule has 0 aliphatic carbocycles. The molecule has 1 aromatic carbocycles. The number of hydrogen-bond acceptors (Lipinski definition) is 3. The van der Waals surface area contributed by atoms with Gasteiger partial charge >= 0.3 is 0 Å². The van der Waals surface area contributed by atoms with E-state index >= 15 is 0 Å². The maximum absolute atomic E-state index is 5.87. The van der Waals surface area contributed by atoms with Crippen molar-refractivity contribution in [3.63, 3.8) is 0 Å². The van der Waals surface area contributed by atoms with Crippen molar-refractivity contribution in [2.75, 3.05) is 33.3 Å². The summed E-state index contributed by atoms with van der Waals surface area (Å²) >= 11 is 0. The molecule has 1 aromatic rings. The van der Waals surface area contributed by atoms with Crippen LogP contribution in [-0.4, -0.2) is 44.1 Å². The van der Waals surface area contributed by atoms with Crippen LogP contribution >= 0.6 is 0 Å². The van der Waals surface area contributed by atoms with Crippen LogP contribution in [0.2, 0.25) is 0 Å². The van der Waals surface area contributed by atoms with E-state index in [9.17, 15) is 0 Å². The number of hydrogen-bond donors (Lipinski definition) is 2. The molecule has 1 aliphatic heterocycles. The summed E-state index contributed by atoms with van der Waals surface area (Å²) < 4.78 is 5.52. The quantitative estimate of drug-likeness (QED) is 0.619. The van der Waals surface area contributed by atoms with Crippen LogP contribution in [0.4, 0.5) is 0 Å². The van der Waals surface area contributed by atoms with Gasteiger partial charge in [0.1, 0.15) is 5.75 Å². The summed E-state index contributed by atoms with van der Waals surface area (Å²) in [5, 5.41) is 3.05. The number of nitrogens with zero attached hydrogens (tertiary/aromatic N) is 2. The molecule has 0 saturated carbocycles. The monoisotopic (exact) mass is 290 g/mol. The average molecular weight is 290 g/mol. The first-order valence-electron chi connectivity index (χ1n) is 7.67. The maximum atomic E-state index is 5.87. The fourth-order valence-electron chi connectivity index (χ4n) is 2.83. The second kappa shape index (κ2) is 7.88. The Labute approximate surface area is 127 Å². The molecule has 3 N–H and O–H groups in total. The minimum absolute atomic E-state index is 0.223. The number of guanidine groups is 1. The molecule has 116 valence electrons. The molecule has 0 spiro atoms. The number of para-hydroxylation sites is 1. The molecule has 1 unspecified atom stereocenters. The summed E-state index contributed by atoms with van der Waals surface area (Å²) in [5.41, 5.74) is 7.06. The Morgan fingerprint density at radius 1 is 1.38 bits per heavy atom. The summed E-state index contributed by atoms with van der Waals surface area (Å²) in [7, 11) is 1.72. The number of nitrogens with two attached hydrogens (primary N) is 1. The van der Waals surface area contributed by atoms with Crippen LogP contribution < -0.4 is 15.8 Å². The predicted molar refractivity (Wildman–Crippen MR) is 86.7 cm³/mol. The fourth-order valence-corrected chi connectivity index (χ4v) is 2.83. The number of aliphatic imine (C=N–C) groups is 1.